The summed E-state index contributed by atoms with van der Waals surface area (Å²) in [5, 5.41) is 7.79. The highest BCUT2D eigenvalue weighted by Crippen LogP contribution is 2.28. The van der Waals surface area contributed by atoms with Gasteiger partial charge in [0.15, 0.2) is 0 Å². The third-order valence-electron chi connectivity index (χ3n) is 2.55. The second-order valence-electron chi connectivity index (χ2n) is 4.11. The largest absolute Gasteiger partial charge is 0.477 e. The SMILES string of the molecule is CCCCOc1nc(C)ncc1-c1cnnc(Br)c1. The van der Waals surface area contributed by atoms with Gasteiger partial charge in [-0.25, -0.2) is 4.98 Å². The number of aromatic nitrogens is 4. The zero-order chi connectivity index (χ0) is 13.7. The summed E-state index contributed by atoms with van der Waals surface area (Å²) < 4.78 is 6.41. The van der Waals surface area contributed by atoms with Gasteiger partial charge in [0.2, 0.25) is 5.88 Å². The van der Waals surface area contributed by atoms with Crippen LogP contribution in [0.4, 0.5) is 0 Å². The van der Waals surface area contributed by atoms with Crippen LogP contribution < -0.4 is 4.74 Å². The normalized spacial score (nSPS) is 10.5. The van der Waals surface area contributed by atoms with Crippen molar-refractivity contribution in [1.29, 1.82) is 0 Å². The summed E-state index contributed by atoms with van der Waals surface area (Å²) in [5.41, 5.74) is 1.71. The molecule has 0 aromatic carbocycles. The molecule has 0 aliphatic carbocycles. The fourth-order valence-corrected chi connectivity index (χ4v) is 1.90. The topological polar surface area (TPSA) is 60.8 Å². The maximum atomic E-state index is 5.74. The van der Waals surface area contributed by atoms with Gasteiger partial charge in [0, 0.05) is 11.8 Å². The molecule has 0 bridgehead atoms. The van der Waals surface area contributed by atoms with Crippen molar-refractivity contribution < 1.29 is 4.74 Å². The van der Waals surface area contributed by atoms with Gasteiger partial charge in [-0.3, -0.25) is 0 Å². The van der Waals surface area contributed by atoms with E-state index in [2.05, 4.69) is 43.0 Å². The van der Waals surface area contributed by atoms with E-state index in [1.54, 1.807) is 12.4 Å². The quantitative estimate of drug-likeness (QED) is 0.791. The predicted molar refractivity (Wildman–Crippen MR) is 75.9 cm³/mol. The van der Waals surface area contributed by atoms with Gasteiger partial charge in [-0.15, -0.1) is 5.10 Å². The Balaban J connectivity index is 2.33. The van der Waals surface area contributed by atoms with Crippen LogP contribution in [0, 0.1) is 6.92 Å². The van der Waals surface area contributed by atoms with Gasteiger partial charge in [-0.1, -0.05) is 13.3 Å². The molecule has 2 heterocycles. The molecule has 0 N–H and O–H groups in total. The van der Waals surface area contributed by atoms with Crippen LogP contribution in [0.2, 0.25) is 0 Å². The van der Waals surface area contributed by atoms with Crippen LogP contribution >= 0.6 is 15.9 Å². The first-order valence-corrected chi connectivity index (χ1v) is 6.95. The van der Waals surface area contributed by atoms with Gasteiger partial charge >= 0.3 is 0 Å². The molecule has 0 fully saturated rings. The van der Waals surface area contributed by atoms with Crippen LogP contribution in [0.15, 0.2) is 23.1 Å². The van der Waals surface area contributed by atoms with E-state index in [1.165, 1.54) is 0 Å². The van der Waals surface area contributed by atoms with Crippen LogP contribution in [0.5, 0.6) is 5.88 Å². The molecule has 5 nitrogen and oxygen atoms in total. The lowest BCUT2D eigenvalue weighted by Crippen LogP contribution is -2.02. The molecule has 0 atom stereocenters. The summed E-state index contributed by atoms with van der Waals surface area (Å²) in [5.74, 6) is 1.29. The van der Waals surface area contributed by atoms with Crippen LogP contribution in [0.25, 0.3) is 11.1 Å². The summed E-state index contributed by atoms with van der Waals surface area (Å²) >= 11 is 3.31. The Kier molecular flexibility index (Phi) is 4.79. The number of ether oxygens (including phenoxy) is 1. The first-order chi connectivity index (χ1) is 9.20. The highest BCUT2D eigenvalue weighted by molar-refractivity contribution is 9.10. The molecule has 0 saturated carbocycles. The molecule has 0 aliphatic heterocycles. The number of rotatable bonds is 5. The monoisotopic (exact) mass is 322 g/mol. The number of hydrogen-bond acceptors (Lipinski definition) is 5. The Labute approximate surface area is 120 Å². The van der Waals surface area contributed by atoms with Gasteiger partial charge in [-0.2, -0.15) is 10.1 Å². The Morgan fingerprint density at radius 3 is 2.89 bits per heavy atom. The zero-order valence-electron chi connectivity index (χ0n) is 10.9. The summed E-state index contributed by atoms with van der Waals surface area (Å²) in [6, 6.07) is 1.87. The number of nitrogens with zero attached hydrogens (tertiary/aromatic N) is 4. The van der Waals surface area contributed by atoms with Crippen molar-refractivity contribution in [2.75, 3.05) is 6.61 Å². The second kappa shape index (κ2) is 6.56. The summed E-state index contributed by atoms with van der Waals surface area (Å²) in [7, 11) is 0. The van der Waals surface area contributed by atoms with Crippen molar-refractivity contribution in [3.63, 3.8) is 0 Å². The Morgan fingerprint density at radius 2 is 2.16 bits per heavy atom. The van der Waals surface area contributed by atoms with Crippen molar-refractivity contribution in [2.24, 2.45) is 0 Å². The highest BCUT2D eigenvalue weighted by Gasteiger charge is 2.10. The third-order valence-corrected chi connectivity index (χ3v) is 2.93. The van der Waals surface area contributed by atoms with E-state index in [9.17, 15) is 0 Å². The number of aryl methyl sites for hydroxylation is 1. The summed E-state index contributed by atoms with van der Waals surface area (Å²) in [6.45, 7) is 4.62. The number of hydrogen-bond donors (Lipinski definition) is 0. The van der Waals surface area contributed by atoms with E-state index in [4.69, 9.17) is 4.74 Å². The van der Waals surface area contributed by atoms with E-state index in [1.807, 2.05) is 13.0 Å². The Hall–Kier alpha value is -1.56. The van der Waals surface area contributed by atoms with E-state index in [-0.39, 0.29) is 0 Å². The minimum atomic E-state index is 0.598. The molecule has 0 radical (unpaired) electrons. The van der Waals surface area contributed by atoms with E-state index in [0.717, 1.165) is 24.0 Å². The fourth-order valence-electron chi connectivity index (χ4n) is 1.56. The molecule has 6 heteroatoms. The molecule has 19 heavy (non-hydrogen) atoms. The lowest BCUT2D eigenvalue weighted by atomic mass is 10.1. The molecule has 0 unspecified atom stereocenters. The number of halogens is 1. The molecule has 0 saturated heterocycles. The van der Waals surface area contributed by atoms with E-state index >= 15 is 0 Å². The zero-order valence-corrected chi connectivity index (χ0v) is 12.5. The maximum absolute atomic E-state index is 5.74. The average Bonchev–Trinajstić information content (AvgIpc) is 2.39. The molecule has 100 valence electrons. The van der Waals surface area contributed by atoms with Crippen molar-refractivity contribution in [2.45, 2.75) is 26.7 Å². The van der Waals surface area contributed by atoms with Crippen LogP contribution in [-0.4, -0.2) is 26.8 Å². The minimum Gasteiger partial charge on any atom is -0.477 e. The molecule has 2 aromatic heterocycles. The highest BCUT2D eigenvalue weighted by atomic mass is 79.9. The molecule has 2 rings (SSSR count). The van der Waals surface area contributed by atoms with Crippen molar-refractivity contribution in [3.8, 4) is 17.0 Å². The molecular weight excluding hydrogens is 308 g/mol. The molecular formula is C13H15BrN4O. The minimum absolute atomic E-state index is 0.598. The van der Waals surface area contributed by atoms with Gasteiger partial charge in [0.1, 0.15) is 10.4 Å². The van der Waals surface area contributed by atoms with Gasteiger partial charge in [0.25, 0.3) is 0 Å². The van der Waals surface area contributed by atoms with E-state index < -0.39 is 0 Å². The number of unbranched alkanes of at least 4 members (excludes halogenated alkanes) is 1. The molecule has 2 aromatic rings. The Morgan fingerprint density at radius 1 is 1.32 bits per heavy atom. The van der Waals surface area contributed by atoms with Crippen LogP contribution in [-0.2, 0) is 0 Å². The van der Waals surface area contributed by atoms with Gasteiger partial charge in [-0.05, 0) is 35.3 Å². The summed E-state index contributed by atoms with van der Waals surface area (Å²) in [4.78, 5) is 8.57. The maximum Gasteiger partial charge on any atom is 0.224 e. The lowest BCUT2D eigenvalue weighted by molar-refractivity contribution is 0.298. The van der Waals surface area contributed by atoms with Crippen molar-refractivity contribution in [3.05, 3.63) is 28.9 Å². The second-order valence-corrected chi connectivity index (χ2v) is 4.92. The Bertz CT molecular complexity index is 562. The molecule has 0 amide bonds. The van der Waals surface area contributed by atoms with Gasteiger partial charge in [0.05, 0.1) is 18.4 Å². The molecule has 0 spiro atoms. The standard InChI is InChI=1S/C13H15BrN4O/c1-3-4-5-19-13-11(8-15-9(2)17-13)10-6-12(14)18-16-7-10/h6-8H,3-5H2,1-2H3. The van der Waals surface area contributed by atoms with Crippen molar-refractivity contribution in [1.82, 2.24) is 20.2 Å². The first kappa shape index (κ1) is 13.9. The summed E-state index contributed by atoms with van der Waals surface area (Å²) in [6.07, 6.45) is 5.51. The smallest absolute Gasteiger partial charge is 0.224 e. The first-order valence-electron chi connectivity index (χ1n) is 6.15. The van der Waals surface area contributed by atoms with Crippen LogP contribution in [0.1, 0.15) is 25.6 Å². The van der Waals surface area contributed by atoms with Crippen molar-refractivity contribution >= 4 is 15.9 Å². The van der Waals surface area contributed by atoms with Gasteiger partial charge < -0.3 is 4.74 Å². The predicted octanol–water partition coefficient (Wildman–Crippen LogP) is 3.18. The average molecular weight is 323 g/mol. The lowest BCUT2D eigenvalue weighted by Gasteiger charge is -2.10. The third kappa shape index (κ3) is 3.70. The molecule has 0 aliphatic rings. The van der Waals surface area contributed by atoms with Crippen LogP contribution in [0.3, 0.4) is 0 Å². The van der Waals surface area contributed by atoms with E-state index in [0.29, 0.717) is 22.9 Å². The fraction of sp³-hybridized carbons (Fsp3) is 0.385.